The van der Waals surface area contributed by atoms with Crippen molar-refractivity contribution < 1.29 is 19.0 Å². The van der Waals surface area contributed by atoms with Crippen molar-refractivity contribution in [3.05, 3.63) is 52.7 Å². The van der Waals surface area contributed by atoms with Gasteiger partial charge >= 0.3 is 5.97 Å². The van der Waals surface area contributed by atoms with E-state index in [-0.39, 0.29) is 17.4 Å². The predicted octanol–water partition coefficient (Wildman–Crippen LogP) is 2.22. The fourth-order valence-corrected chi connectivity index (χ4v) is 4.08. The molecule has 1 saturated heterocycles. The zero-order chi connectivity index (χ0) is 22.1. The lowest BCUT2D eigenvalue weighted by molar-refractivity contribution is -0.151. The number of nitrogens with zero attached hydrogens (tertiary/aromatic N) is 3. The molecule has 3 heterocycles. The van der Waals surface area contributed by atoms with Crippen molar-refractivity contribution in [2.45, 2.75) is 6.54 Å². The molecule has 1 fully saturated rings. The molecule has 0 unspecified atom stereocenters. The Morgan fingerprint density at radius 2 is 1.81 bits per heavy atom. The Bertz CT molecular complexity index is 1170. The zero-order valence-corrected chi connectivity index (χ0v) is 18.0. The molecule has 1 aliphatic rings. The van der Waals surface area contributed by atoms with Crippen LogP contribution in [0.5, 0.6) is 11.5 Å². The van der Waals surface area contributed by atoms with E-state index in [1.807, 2.05) is 24.4 Å². The van der Waals surface area contributed by atoms with Crippen LogP contribution >= 0.6 is 0 Å². The molecule has 162 valence electrons. The minimum atomic E-state index is -0.179. The van der Waals surface area contributed by atoms with Gasteiger partial charge in [0, 0.05) is 50.8 Å². The van der Waals surface area contributed by atoms with Crippen LogP contribution in [0.3, 0.4) is 0 Å². The lowest BCUT2D eigenvalue weighted by Crippen LogP contribution is -2.50. The lowest BCUT2D eigenvalue weighted by Gasteiger charge is -2.37. The van der Waals surface area contributed by atoms with Gasteiger partial charge in [0.15, 0.2) is 0 Å². The second kappa shape index (κ2) is 8.39. The highest BCUT2D eigenvalue weighted by atomic mass is 16.5. The van der Waals surface area contributed by atoms with Crippen LogP contribution in [0, 0.1) is 5.92 Å². The van der Waals surface area contributed by atoms with Crippen molar-refractivity contribution in [2.24, 2.45) is 13.0 Å². The quantitative estimate of drug-likeness (QED) is 0.562. The summed E-state index contributed by atoms with van der Waals surface area (Å²) in [4.78, 5) is 30.4. The van der Waals surface area contributed by atoms with Gasteiger partial charge in [-0.1, -0.05) is 0 Å². The van der Waals surface area contributed by atoms with Crippen LogP contribution in [0.4, 0.5) is 0 Å². The van der Waals surface area contributed by atoms with Gasteiger partial charge in [0.1, 0.15) is 11.5 Å². The molecule has 0 bridgehead atoms. The van der Waals surface area contributed by atoms with Gasteiger partial charge in [0.05, 0.1) is 38.2 Å². The van der Waals surface area contributed by atoms with E-state index in [2.05, 4.69) is 9.88 Å². The summed E-state index contributed by atoms with van der Waals surface area (Å²) in [5, 5.41) is 1.37. The summed E-state index contributed by atoms with van der Waals surface area (Å²) in [6, 6.07) is 5.75. The number of carbonyl (C=O) groups is 1. The average molecular weight is 423 g/mol. The minimum Gasteiger partial charge on any atom is -0.496 e. The van der Waals surface area contributed by atoms with Crippen LogP contribution < -0.4 is 15.0 Å². The van der Waals surface area contributed by atoms with E-state index in [1.165, 1.54) is 7.11 Å². The molecule has 1 aromatic carbocycles. The van der Waals surface area contributed by atoms with Crippen LogP contribution in [-0.2, 0) is 23.1 Å². The summed E-state index contributed by atoms with van der Waals surface area (Å²) in [5.74, 6) is 1.10. The first-order chi connectivity index (χ1) is 15.0. The fourth-order valence-electron chi connectivity index (χ4n) is 4.08. The maximum Gasteiger partial charge on any atom is 0.311 e. The van der Waals surface area contributed by atoms with E-state index >= 15 is 0 Å². The third kappa shape index (κ3) is 3.74. The third-order valence-corrected chi connectivity index (χ3v) is 5.78. The molecular formula is C23H25N3O5. The molecule has 0 aliphatic carbocycles. The Labute approximate surface area is 180 Å². The zero-order valence-electron chi connectivity index (χ0n) is 18.0. The number of aryl methyl sites for hydroxylation is 1. The maximum atomic E-state index is 12.5. The van der Waals surface area contributed by atoms with E-state index in [9.17, 15) is 9.59 Å². The Balaban J connectivity index is 1.74. The number of likely N-dealkylation sites (tertiary alicyclic amines) is 1. The molecule has 1 aliphatic heterocycles. The first kappa shape index (κ1) is 20.9. The standard InChI is InChI=1S/C23H25N3O5/c1-25-12-18(16-5-6-24-9-17(16)22(25)27)14-7-20(29-2)19(21(8-14)30-3)13-26-10-15(11-26)23(28)31-4/h5-9,12,15H,10-11,13H2,1-4H3. The van der Waals surface area contributed by atoms with Crippen LogP contribution in [0.15, 0.2) is 41.6 Å². The molecule has 0 spiro atoms. The lowest BCUT2D eigenvalue weighted by atomic mass is 9.96. The molecule has 0 saturated carbocycles. The summed E-state index contributed by atoms with van der Waals surface area (Å²) in [6.07, 6.45) is 5.08. The van der Waals surface area contributed by atoms with E-state index < -0.39 is 0 Å². The molecule has 3 aromatic rings. The van der Waals surface area contributed by atoms with Crippen LogP contribution in [-0.4, -0.2) is 54.8 Å². The number of hydrogen-bond acceptors (Lipinski definition) is 7. The van der Waals surface area contributed by atoms with Crippen molar-refractivity contribution in [3.63, 3.8) is 0 Å². The van der Waals surface area contributed by atoms with Crippen molar-refractivity contribution in [1.82, 2.24) is 14.5 Å². The van der Waals surface area contributed by atoms with Crippen molar-refractivity contribution in [1.29, 1.82) is 0 Å². The number of aromatic nitrogens is 2. The second-order valence-electron chi connectivity index (χ2n) is 7.65. The van der Waals surface area contributed by atoms with Gasteiger partial charge in [0.2, 0.25) is 0 Å². The van der Waals surface area contributed by atoms with Gasteiger partial charge in [-0.25, -0.2) is 0 Å². The molecule has 8 nitrogen and oxygen atoms in total. The fraction of sp³-hybridized carbons (Fsp3) is 0.348. The minimum absolute atomic E-state index is 0.0909. The number of benzene rings is 1. The largest absolute Gasteiger partial charge is 0.496 e. The summed E-state index contributed by atoms with van der Waals surface area (Å²) in [5.41, 5.74) is 2.57. The summed E-state index contributed by atoms with van der Waals surface area (Å²) >= 11 is 0. The summed E-state index contributed by atoms with van der Waals surface area (Å²) in [7, 11) is 6.38. The smallest absolute Gasteiger partial charge is 0.311 e. The number of rotatable bonds is 6. The van der Waals surface area contributed by atoms with Crippen LogP contribution in [0.25, 0.3) is 21.9 Å². The molecule has 0 amide bonds. The normalized spacial score (nSPS) is 14.3. The Morgan fingerprint density at radius 3 is 2.42 bits per heavy atom. The first-order valence-electron chi connectivity index (χ1n) is 9.95. The molecule has 8 heteroatoms. The van der Waals surface area contributed by atoms with E-state index in [0.29, 0.717) is 36.5 Å². The Kier molecular flexibility index (Phi) is 5.65. The third-order valence-electron chi connectivity index (χ3n) is 5.78. The SMILES string of the molecule is COC(=O)C1CN(Cc2c(OC)cc(-c3cn(C)c(=O)c4cnccc34)cc2OC)C1. The highest BCUT2D eigenvalue weighted by Gasteiger charge is 2.34. The predicted molar refractivity (Wildman–Crippen MR) is 116 cm³/mol. The molecule has 0 radical (unpaired) electrons. The number of ether oxygens (including phenoxy) is 3. The molecule has 0 N–H and O–H groups in total. The molecular weight excluding hydrogens is 398 g/mol. The molecule has 31 heavy (non-hydrogen) atoms. The van der Waals surface area contributed by atoms with E-state index in [0.717, 1.165) is 22.1 Å². The number of methoxy groups -OCH3 is 3. The summed E-state index contributed by atoms with van der Waals surface area (Å²) < 4.78 is 17.8. The van der Waals surface area contributed by atoms with Gasteiger partial charge in [-0.2, -0.15) is 0 Å². The van der Waals surface area contributed by atoms with Crippen LogP contribution in [0.2, 0.25) is 0 Å². The summed E-state index contributed by atoms with van der Waals surface area (Å²) in [6.45, 7) is 1.87. The highest BCUT2D eigenvalue weighted by Crippen LogP contribution is 2.38. The number of carbonyl (C=O) groups excluding carboxylic acids is 1. The number of fused-ring (bicyclic) bond motifs is 1. The van der Waals surface area contributed by atoms with Crippen LogP contribution in [0.1, 0.15) is 5.56 Å². The Hall–Kier alpha value is -3.39. The number of esters is 1. The van der Waals surface area contributed by atoms with Crippen molar-refractivity contribution in [3.8, 4) is 22.6 Å². The monoisotopic (exact) mass is 423 g/mol. The van der Waals surface area contributed by atoms with Gasteiger partial charge in [-0.05, 0) is 29.1 Å². The van der Waals surface area contributed by atoms with Gasteiger partial charge in [-0.3, -0.25) is 19.5 Å². The van der Waals surface area contributed by atoms with Gasteiger partial charge < -0.3 is 18.8 Å². The molecule has 2 aromatic heterocycles. The topological polar surface area (TPSA) is 82.9 Å². The van der Waals surface area contributed by atoms with Crippen molar-refractivity contribution in [2.75, 3.05) is 34.4 Å². The van der Waals surface area contributed by atoms with Gasteiger partial charge in [0.25, 0.3) is 5.56 Å². The first-order valence-corrected chi connectivity index (χ1v) is 9.95. The van der Waals surface area contributed by atoms with Gasteiger partial charge in [-0.15, -0.1) is 0 Å². The van der Waals surface area contributed by atoms with E-state index in [1.54, 1.807) is 38.2 Å². The molecule has 0 atom stereocenters. The number of pyridine rings is 2. The maximum absolute atomic E-state index is 12.5. The second-order valence-corrected chi connectivity index (χ2v) is 7.65. The average Bonchev–Trinajstić information content (AvgIpc) is 2.77. The number of hydrogen-bond donors (Lipinski definition) is 0. The van der Waals surface area contributed by atoms with Crippen molar-refractivity contribution >= 4 is 16.7 Å². The Morgan fingerprint density at radius 1 is 1.13 bits per heavy atom. The molecule has 4 rings (SSSR count). The highest BCUT2D eigenvalue weighted by molar-refractivity contribution is 5.95. The van der Waals surface area contributed by atoms with E-state index in [4.69, 9.17) is 14.2 Å².